The molecule has 0 radical (unpaired) electrons. The van der Waals surface area contributed by atoms with E-state index in [0.717, 1.165) is 13.2 Å². The minimum Gasteiger partial charge on any atom is -0.508 e. The molecule has 2 N–H and O–H groups in total. The molecule has 0 aromatic heterocycles. The summed E-state index contributed by atoms with van der Waals surface area (Å²) in [6.07, 6.45) is 1.18. The van der Waals surface area contributed by atoms with Crippen LogP contribution in [0.25, 0.3) is 6.08 Å². The fourth-order valence-corrected chi connectivity index (χ4v) is 1.06. The van der Waals surface area contributed by atoms with E-state index in [1.54, 1.807) is 6.07 Å². The topological polar surface area (TPSA) is 90.6 Å². The number of ether oxygens (including phenoxy) is 1. The van der Waals surface area contributed by atoms with Crippen molar-refractivity contribution in [3.05, 3.63) is 29.3 Å². The van der Waals surface area contributed by atoms with Gasteiger partial charge in [0.15, 0.2) is 0 Å². The van der Waals surface area contributed by atoms with E-state index in [2.05, 4.69) is 4.74 Å². The molecular weight excluding hydrogens is 210 g/mol. The highest BCUT2D eigenvalue weighted by Crippen LogP contribution is 2.24. The summed E-state index contributed by atoms with van der Waals surface area (Å²) in [4.78, 5) is 11.1. The second-order valence-electron chi connectivity index (χ2n) is 2.90. The van der Waals surface area contributed by atoms with Crippen LogP contribution in [0, 0.1) is 11.3 Å². The van der Waals surface area contributed by atoms with Gasteiger partial charge in [-0.05, 0) is 18.2 Å². The summed E-state index contributed by atoms with van der Waals surface area (Å²) in [6.45, 7) is 0. The Morgan fingerprint density at radius 2 is 2.19 bits per heavy atom. The number of nitrogens with zero attached hydrogens (tertiary/aromatic N) is 1. The second-order valence-corrected chi connectivity index (χ2v) is 2.90. The van der Waals surface area contributed by atoms with E-state index in [9.17, 15) is 9.90 Å². The number of benzene rings is 1. The van der Waals surface area contributed by atoms with E-state index in [4.69, 9.17) is 10.4 Å². The molecule has 0 saturated carbocycles. The summed E-state index contributed by atoms with van der Waals surface area (Å²) in [6, 6.07) is 5.48. The number of aromatic hydroxyl groups is 2. The fraction of sp³-hybridized carbons (Fsp3) is 0.0909. The third-order valence-electron chi connectivity index (χ3n) is 1.84. The van der Waals surface area contributed by atoms with Crippen LogP contribution in [0.1, 0.15) is 5.56 Å². The molecule has 0 aliphatic carbocycles. The van der Waals surface area contributed by atoms with Crippen molar-refractivity contribution in [3.8, 4) is 17.6 Å². The van der Waals surface area contributed by atoms with E-state index >= 15 is 0 Å². The van der Waals surface area contributed by atoms with Crippen LogP contribution in [0.5, 0.6) is 11.5 Å². The van der Waals surface area contributed by atoms with E-state index in [1.807, 2.05) is 0 Å². The minimum absolute atomic E-state index is 0.105. The van der Waals surface area contributed by atoms with Crippen molar-refractivity contribution in [2.24, 2.45) is 0 Å². The lowest BCUT2D eigenvalue weighted by Crippen LogP contribution is -2.02. The van der Waals surface area contributed by atoms with Crippen LogP contribution in [-0.4, -0.2) is 23.3 Å². The Kier molecular flexibility index (Phi) is 3.51. The zero-order chi connectivity index (χ0) is 12.1. The molecule has 1 aromatic carbocycles. The number of carbonyl (C=O) groups excluding carboxylic acids is 1. The van der Waals surface area contributed by atoms with Gasteiger partial charge < -0.3 is 14.9 Å². The Labute approximate surface area is 91.8 Å². The Morgan fingerprint density at radius 1 is 1.50 bits per heavy atom. The van der Waals surface area contributed by atoms with E-state index < -0.39 is 5.97 Å². The van der Waals surface area contributed by atoms with Crippen LogP contribution in [0.3, 0.4) is 0 Å². The van der Waals surface area contributed by atoms with Crippen LogP contribution >= 0.6 is 0 Å². The lowest BCUT2D eigenvalue weighted by Gasteiger charge is -2.00. The average Bonchev–Trinajstić information content (AvgIpc) is 2.27. The zero-order valence-electron chi connectivity index (χ0n) is 8.47. The van der Waals surface area contributed by atoms with Gasteiger partial charge in [-0.2, -0.15) is 5.26 Å². The maximum absolute atomic E-state index is 11.1. The molecule has 82 valence electrons. The van der Waals surface area contributed by atoms with Crippen molar-refractivity contribution in [1.29, 1.82) is 5.26 Å². The number of carbonyl (C=O) groups is 1. The monoisotopic (exact) mass is 219 g/mol. The van der Waals surface area contributed by atoms with Gasteiger partial charge in [0, 0.05) is 11.6 Å². The van der Waals surface area contributed by atoms with Gasteiger partial charge >= 0.3 is 5.97 Å². The van der Waals surface area contributed by atoms with Crippen molar-refractivity contribution in [3.63, 3.8) is 0 Å². The molecule has 5 nitrogen and oxygen atoms in total. The molecule has 1 aromatic rings. The van der Waals surface area contributed by atoms with Gasteiger partial charge in [-0.1, -0.05) is 0 Å². The first-order valence-corrected chi connectivity index (χ1v) is 4.30. The summed E-state index contributed by atoms with van der Waals surface area (Å²) >= 11 is 0. The van der Waals surface area contributed by atoms with E-state index in [1.165, 1.54) is 18.2 Å². The van der Waals surface area contributed by atoms with Gasteiger partial charge in [-0.25, -0.2) is 4.79 Å². The predicted molar refractivity (Wildman–Crippen MR) is 55.4 cm³/mol. The molecule has 0 spiro atoms. The number of nitriles is 1. The van der Waals surface area contributed by atoms with Gasteiger partial charge in [0.1, 0.15) is 23.1 Å². The molecule has 0 unspecified atom stereocenters. The molecular formula is C11H9NO4. The van der Waals surface area contributed by atoms with Crippen LogP contribution in [0.4, 0.5) is 0 Å². The van der Waals surface area contributed by atoms with Crippen molar-refractivity contribution in [1.82, 2.24) is 0 Å². The molecule has 1 rings (SSSR count). The molecule has 0 fully saturated rings. The Morgan fingerprint density at radius 3 is 2.69 bits per heavy atom. The largest absolute Gasteiger partial charge is 0.508 e. The Hall–Kier alpha value is -2.48. The van der Waals surface area contributed by atoms with Gasteiger partial charge in [0.05, 0.1) is 7.11 Å². The standard InChI is InChI=1S/C11H9NO4/c1-16-11(15)8(6-12)4-7-2-3-9(13)5-10(7)14/h2-5,13-14H,1H3/b8-4-. The Balaban J connectivity index is 3.15. The highest BCUT2D eigenvalue weighted by molar-refractivity contribution is 5.98. The first-order chi connectivity index (χ1) is 7.58. The molecule has 0 heterocycles. The number of rotatable bonds is 2. The molecule has 0 aliphatic heterocycles. The molecule has 0 aliphatic rings. The third-order valence-corrected chi connectivity index (χ3v) is 1.84. The summed E-state index contributed by atoms with van der Waals surface area (Å²) in [5, 5.41) is 27.2. The third kappa shape index (κ3) is 2.51. The van der Waals surface area contributed by atoms with Crippen molar-refractivity contribution in [2.45, 2.75) is 0 Å². The summed E-state index contributed by atoms with van der Waals surface area (Å²) in [7, 11) is 1.16. The molecule has 0 bridgehead atoms. The number of esters is 1. The van der Waals surface area contributed by atoms with Crippen LogP contribution in [0.15, 0.2) is 23.8 Å². The lowest BCUT2D eigenvalue weighted by molar-refractivity contribution is -0.135. The van der Waals surface area contributed by atoms with E-state index in [-0.39, 0.29) is 22.6 Å². The smallest absolute Gasteiger partial charge is 0.348 e. The average molecular weight is 219 g/mol. The normalized spacial score (nSPS) is 10.6. The van der Waals surface area contributed by atoms with Gasteiger partial charge in [0.2, 0.25) is 0 Å². The number of methoxy groups -OCH3 is 1. The first kappa shape index (κ1) is 11.6. The predicted octanol–water partition coefficient (Wildman–Crippen LogP) is 1.18. The maximum atomic E-state index is 11.1. The molecule has 0 amide bonds. The van der Waals surface area contributed by atoms with Crippen molar-refractivity contribution in [2.75, 3.05) is 7.11 Å². The summed E-state index contributed by atoms with van der Waals surface area (Å²) in [5.41, 5.74) is 0.0169. The molecule has 0 saturated heterocycles. The number of hydrogen-bond donors (Lipinski definition) is 2. The Bertz CT molecular complexity index is 485. The number of phenolic OH excluding ortho intramolecular Hbond substituents is 2. The summed E-state index contributed by atoms with van der Waals surface area (Å²) < 4.78 is 4.38. The number of hydrogen-bond acceptors (Lipinski definition) is 5. The second kappa shape index (κ2) is 4.84. The SMILES string of the molecule is COC(=O)/C(C#N)=C\c1ccc(O)cc1O. The van der Waals surface area contributed by atoms with Gasteiger partial charge in [-0.15, -0.1) is 0 Å². The van der Waals surface area contributed by atoms with Crippen LogP contribution in [-0.2, 0) is 9.53 Å². The highest BCUT2D eigenvalue weighted by atomic mass is 16.5. The highest BCUT2D eigenvalue weighted by Gasteiger charge is 2.10. The number of phenols is 2. The van der Waals surface area contributed by atoms with Crippen molar-refractivity contribution < 1.29 is 19.7 Å². The fourth-order valence-electron chi connectivity index (χ4n) is 1.06. The zero-order valence-corrected chi connectivity index (χ0v) is 8.47. The summed E-state index contributed by atoms with van der Waals surface area (Å²) in [5.74, 6) is -1.11. The minimum atomic E-state index is -0.782. The first-order valence-electron chi connectivity index (χ1n) is 4.30. The van der Waals surface area contributed by atoms with E-state index in [0.29, 0.717) is 0 Å². The lowest BCUT2D eigenvalue weighted by atomic mass is 10.1. The maximum Gasteiger partial charge on any atom is 0.348 e. The van der Waals surface area contributed by atoms with Crippen LogP contribution in [0.2, 0.25) is 0 Å². The van der Waals surface area contributed by atoms with Crippen LogP contribution < -0.4 is 0 Å². The quantitative estimate of drug-likeness (QED) is 0.442. The van der Waals surface area contributed by atoms with Crippen molar-refractivity contribution >= 4 is 12.0 Å². The molecule has 0 atom stereocenters. The molecule has 16 heavy (non-hydrogen) atoms. The van der Waals surface area contributed by atoms with Gasteiger partial charge in [0.25, 0.3) is 0 Å². The van der Waals surface area contributed by atoms with Gasteiger partial charge in [-0.3, -0.25) is 0 Å². The molecule has 5 heteroatoms.